The van der Waals surface area contributed by atoms with Gasteiger partial charge in [0.05, 0.1) is 16.9 Å². The van der Waals surface area contributed by atoms with E-state index in [1.54, 1.807) is 18.3 Å². The largest absolute Gasteiger partial charge is 0.467 e. The van der Waals surface area contributed by atoms with Gasteiger partial charge in [0.15, 0.2) is 11.6 Å². The van der Waals surface area contributed by atoms with Crippen molar-refractivity contribution in [3.05, 3.63) is 68.3 Å². The maximum Gasteiger partial charge on any atom is 0.258 e. The number of nitrogens with zero attached hydrogens (tertiary/aromatic N) is 3. The number of halogens is 2. The minimum atomic E-state index is -0.593. The number of hydrogen-bond donors (Lipinski definition) is 1. The van der Waals surface area contributed by atoms with E-state index in [0.29, 0.717) is 39.2 Å². The average molecular weight is 525 g/mol. The predicted molar refractivity (Wildman–Crippen MR) is 144 cm³/mol. The molecule has 2 heterocycles. The van der Waals surface area contributed by atoms with Crippen LogP contribution in [0.2, 0.25) is 10.0 Å². The van der Waals surface area contributed by atoms with Crippen LogP contribution in [-0.2, 0) is 13.0 Å². The summed E-state index contributed by atoms with van der Waals surface area (Å²) in [4.78, 5) is 24.1. The SMILES string of the molecule is Cc1cc(-c2cnc(N)c(O[C@@H](C)c3c(Cl)ccc(C(=O)CC4CC4)c3Cl)n2)cc2c1CCN(C)C2. The number of rotatable bonds is 7. The Morgan fingerprint density at radius 3 is 2.81 bits per heavy atom. The summed E-state index contributed by atoms with van der Waals surface area (Å²) in [6.45, 7) is 5.91. The van der Waals surface area contributed by atoms with Crippen molar-refractivity contribution >= 4 is 34.8 Å². The van der Waals surface area contributed by atoms with Crippen LogP contribution in [0.15, 0.2) is 30.5 Å². The van der Waals surface area contributed by atoms with Crippen molar-refractivity contribution in [1.29, 1.82) is 0 Å². The molecule has 2 aromatic carbocycles. The van der Waals surface area contributed by atoms with Crippen LogP contribution >= 0.6 is 23.2 Å². The van der Waals surface area contributed by atoms with E-state index in [9.17, 15) is 4.79 Å². The summed E-state index contributed by atoms with van der Waals surface area (Å²) < 4.78 is 6.16. The number of carbonyl (C=O) groups excluding carboxylic acids is 1. The fourth-order valence-electron chi connectivity index (χ4n) is 4.89. The third-order valence-electron chi connectivity index (χ3n) is 7.10. The van der Waals surface area contributed by atoms with Crippen molar-refractivity contribution in [3.8, 4) is 17.1 Å². The summed E-state index contributed by atoms with van der Waals surface area (Å²) in [7, 11) is 2.13. The van der Waals surface area contributed by atoms with Crippen LogP contribution in [0.3, 0.4) is 0 Å². The Balaban J connectivity index is 1.44. The van der Waals surface area contributed by atoms with Crippen molar-refractivity contribution in [2.24, 2.45) is 5.92 Å². The number of ether oxygens (including phenoxy) is 1. The van der Waals surface area contributed by atoms with Crippen LogP contribution in [-0.4, -0.2) is 34.2 Å². The van der Waals surface area contributed by atoms with Gasteiger partial charge in [-0.1, -0.05) is 23.2 Å². The van der Waals surface area contributed by atoms with Crippen LogP contribution in [0, 0.1) is 12.8 Å². The molecular weight excluding hydrogens is 495 g/mol. The highest BCUT2D eigenvalue weighted by molar-refractivity contribution is 6.38. The van der Waals surface area contributed by atoms with E-state index in [-0.39, 0.29) is 17.5 Å². The molecule has 1 fully saturated rings. The minimum Gasteiger partial charge on any atom is -0.467 e. The molecule has 0 unspecified atom stereocenters. The topological polar surface area (TPSA) is 81.3 Å². The number of nitrogen functional groups attached to an aromatic ring is 1. The minimum absolute atomic E-state index is 0.0299. The highest BCUT2D eigenvalue weighted by atomic mass is 35.5. The van der Waals surface area contributed by atoms with Gasteiger partial charge in [-0.2, -0.15) is 0 Å². The third kappa shape index (κ3) is 5.08. The molecule has 1 saturated carbocycles. The molecule has 0 bridgehead atoms. The van der Waals surface area contributed by atoms with Gasteiger partial charge in [-0.05, 0) is 87.0 Å². The first-order chi connectivity index (χ1) is 17.2. The van der Waals surface area contributed by atoms with E-state index in [1.807, 2.05) is 6.92 Å². The van der Waals surface area contributed by atoms with Crippen molar-refractivity contribution in [3.63, 3.8) is 0 Å². The number of benzene rings is 2. The summed E-state index contributed by atoms with van der Waals surface area (Å²) in [5.41, 5.74) is 12.8. The van der Waals surface area contributed by atoms with E-state index in [2.05, 4.69) is 36.0 Å². The lowest BCUT2D eigenvalue weighted by atomic mass is 9.92. The highest BCUT2D eigenvalue weighted by Gasteiger charge is 2.28. The standard InChI is InChI=1S/C28H30Cl2N4O2/c1-15-10-18(12-19-14-34(3)9-8-20(15)19)23-13-32-27(31)28(33-23)36-16(2)25-22(29)7-6-21(26(25)30)24(35)11-17-4-5-17/h6-7,10,12-13,16-17H,4-5,8-9,11,14H2,1-3H3,(H2,31,32)/t16-/m0/s1. The zero-order valence-electron chi connectivity index (χ0n) is 20.8. The maximum atomic E-state index is 12.8. The fraction of sp³-hybridized carbons (Fsp3) is 0.393. The number of carbonyl (C=O) groups is 1. The molecule has 5 rings (SSSR count). The number of ketones is 1. The number of aromatic nitrogens is 2. The molecule has 1 aromatic heterocycles. The fourth-order valence-corrected chi connectivity index (χ4v) is 5.68. The second kappa shape index (κ2) is 10.0. The Morgan fingerprint density at radius 1 is 1.28 bits per heavy atom. The van der Waals surface area contributed by atoms with Gasteiger partial charge in [0, 0.05) is 41.2 Å². The number of fused-ring (bicyclic) bond motifs is 1. The van der Waals surface area contributed by atoms with Gasteiger partial charge in [0.2, 0.25) is 0 Å². The Kier molecular flexibility index (Phi) is 6.95. The van der Waals surface area contributed by atoms with Crippen molar-refractivity contribution < 1.29 is 9.53 Å². The first-order valence-electron chi connectivity index (χ1n) is 12.3. The van der Waals surface area contributed by atoms with Gasteiger partial charge in [0.25, 0.3) is 5.88 Å². The van der Waals surface area contributed by atoms with E-state index in [4.69, 9.17) is 38.7 Å². The van der Waals surface area contributed by atoms with Crippen molar-refractivity contribution in [1.82, 2.24) is 14.9 Å². The van der Waals surface area contributed by atoms with Crippen LogP contribution in [0.25, 0.3) is 11.3 Å². The van der Waals surface area contributed by atoms with Crippen LogP contribution < -0.4 is 10.5 Å². The maximum absolute atomic E-state index is 12.8. The number of anilines is 1. The lowest BCUT2D eigenvalue weighted by Gasteiger charge is -2.27. The highest BCUT2D eigenvalue weighted by Crippen LogP contribution is 2.39. The van der Waals surface area contributed by atoms with Gasteiger partial charge >= 0.3 is 0 Å². The molecule has 0 spiro atoms. The monoisotopic (exact) mass is 524 g/mol. The molecule has 3 aromatic rings. The number of likely N-dealkylation sites (N-methyl/N-ethyl adjacent to an activating group) is 1. The quantitative estimate of drug-likeness (QED) is 0.357. The zero-order valence-corrected chi connectivity index (χ0v) is 22.3. The molecule has 8 heteroatoms. The number of hydrogen-bond acceptors (Lipinski definition) is 6. The van der Waals surface area contributed by atoms with E-state index in [0.717, 1.165) is 37.9 Å². The molecular formula is C28H30Cl2N4O2. The smallest absolute Gasteiger partial charge is 0.258 e. The molecule has 0 saturated heterocycles. The molecule has 1 atom stereocenters. The van der Waals surface area contributed by atoms with Crippen molar-refractivity contribution in [2.45, 2.75) is 52.2 Å². The van der Waals surface area contributed by atoms with E-state index < -0.39 is 6.10 Å². The summed E-state index contributed by atoms with van der Waals surface area (Å²) in [5.74, 6) is 0.872. The third-order valence-corrected chi connectivity index (χ3v) is 7.84. The number of Topliss-reactive ketones (excluding diaryl/α,β-unsaturated/α-hetero) is 1. The second-order valence-electron chi connectivity index (χ2n) is 10.0. The van der Waals surface area contributed by atoms with E-state index in [1.165, 1.54) is 16.7 Å². The van der Waals surface area contributed by atoms with E-state index >= 15 is 0 Å². The predicted octanol–water partition coefficient (Wildman–Crippen LogP) is 6.45. The second-order valence-corrected chi connectivity index (χ2v) is 10.8. The van der Waals surface area contributed by atoms with Gasteiger partial charge < -0.3 is 15.4 Å². The molecule has 1 aliphatic heterocycles. The molecule has 36 heavy (non-hydrogen) atoms. The lowest BCUT2D eigenvalue weighted by Crippen LogP contribution is -2.27. The summed E-state index contributed by atoms with van der Waals surface area (Å²) in [5, 5.41) is 0.741. The van der Waals surface area contributed by atoms with Gasteiger partial charge in [-0.15, -0.1) is 0 Å². The van der Waals surface area contributed by atoms with Gasteiger partial charge in [-0.3, -0.25) is 4.79 Å². The Hall–Kier alpha value is -2.67. The molecule has 6 nitrogen and oxygen atoms in total. The lowest BCUT2D eigenvalue weighted by molar-refractivity contribution is 0.0976. The summed E-state index contributed by atoms with van der Waals surface area (Å²) in [6.07, 6.45) is 4.81. The first-order valence-corrected chi connectivity index (χ1v) is 13.1. The summed E-state index contributed by atoms with van der Waals surface area (Å²) >= 11 is 13.2. The molecule has 2 N–H and O–H groups in total. The van der Waals surface area contributed by atoms with Crippen molar-refractivity contribution in [2.75, 3.05) is 19.3 Å². The first kappa shape index (κ1) is 25.0. The molecule has 188 valence electrons. The molecule has 0 amide bonds. The molecule has 0 radical (unpaired) electrons. The Morgan fingerprint density at radius 2 is 2.06 bits per heavy atom. The van der Waals surface area contributed by atoms with Gasteiger partial charge in [-0.25, -0.2) is 9.97 Å². The van der Waals surface area contributed by atoms with Crippen LogP contribution in [0.4, 0.5) is 5.82 Å². The number of aryl methyl sites for hydroxylation is 1. The summed E-state index contributed by atoms with van der Waals surface area (Å²) in [6, 6.07) is 7.70. The molecule has 1 aliphatic carbocycles. The average Bonchev–Trinajstić information content (AvgIpc) is 3.64. The number of nitrogens with two attached hydrogens (primary N) is 1. The normalized spacial score (nSPS) is 16.5. The van der Waals surface area contributed by atoms with Crippen LogP contribution in [0.1, 0.15) is 64.9 Å². The Labute approximate surface area is 221 Å². The molecule has 2 aliphatic rings. The zero-order chi connectivity index (χ0) is 25.6. The van der Waals surface area contributed by atoms with Gasteiger partial charge in [0.1, 0.15) is 6.10 Å². The Bertz CT molecular complexity index is 1340. The van der Waals surface area contributed by atoms with Crippen LogP contribution in [0.5, 0.6) is 5.88 Å².